The van der Waals surface area contributed by atoms with Crippen LogP contribution in [0.3, 0.4) is 0 Å². The molecule has 0 bridgehead atoms. The summed E-state index contributed by atoms with van der Waals surface area (Å²) in [5.74, 6) is 0.592. The predicted octanol–water partition coefficient (Wildman–Crippen LogP) is 13.3. The lowest BCUT2D eigenvalue weighted by atomic mass is 9.62. The third-order valence-electron chi connectivity index (χ3n) is 10.6. The summed E-state index contributed by atoms with van der Waals surface area (Å²) in [6, 6.07) is 27.5. The molecule has 1 aliphatic carbocycles. The number of nitrogens with zero attached hydrogens (tertiary/aromatic N) is 1. The van der Waals surface area contributed by atoms with Crippen molar-refractivity contribution in [2.45, 2.75) is 104 Å². The van der Waals surface area contributed by atoms with Crippen LogP contribution in [0, 0.1) is 5.92 Å². The lowest BCUT2D eigenvalue weighted by molar-refractivity contribution is 0.423. The number of anilines is 1. The zero-order chi connectivity index (χ0) is 33.6. The summed E-state index contributed by atoms with van der Waals surface area (Å²) in [4.78, 5) is 2.62. The van der Waals surface area contributed by atoms with E-state index >= 15 is 0 Å². The van der Waals surface area contributed by atoms with Crippen molar-refractivity contribution < 1.29 is 2.85 Å². The van der Waals surface area contributed by atoms with Crippen LogP contribution < -0.4 is 4.90 Å². The van der Waals surface area contributed by atoms with Crippen molar-refractivity contribution in [1.29, 1.82) is 0 Å². The third kappa shape index (κ3) is 6.64. The van der Waals surface area contributed by atoms with Crippen LogP contribution in [0.5, 0.6) is 0 Å². The molecule has 2 atom stereocenters. The second-order valence-electron chi connectivity index (χ2n) is 14.3. The molecule has 1 heterocycles. The molecule has 0 amide bonds. The largest absolute Gasteiger partial charge is 0.364 e. The SMILES string of the molecule is CC.CCCCC1Cc2ccc3ccccc3c2C(C)(C)\C1=C/C=C/C=C/C=C/C1N(CCC)c2ccc3ccccc3c2C1(C)C.[HH].[HH]. The van der Waals surface area contributed by atoms with Gasteiger partial charge in [0.25, 0.3) is 0 Å². The quantitative estimate of drug-likeness (QED) is 0.167. The minimum absolute atomic E-state index is 0. The first-order chi connectivity index (χ1) is 22.8. The van der Waals surface area contributed by atoms with Crippen LogP contribution in [0.2, 0.25) is 0 Å². The molecule has 4 aromatic carbocycles. The zero-order valence-electron chi connectivity index (χ0n) is 30.3. The lowest BCUT2D eigenvalue weighted by Crippen LogP contribution is -2.40. The van der Waals surface area contributed by atoms with Crippen LogP contribution in [0.15, 0.2) is 121 Å². The average molecular weight is 628 g/mol. The topological polar surface area (TPSA) is 3.24 Å². The molecule has 47 heavy (non-hydrogen) atoms. The predicted molar refractivity (Wildman–Crippen MR) is 213 cm³/mol. The van der Waals surface area contributed by atoms with Gasteiger partial charge in [0.2, 0.25) is 0 Å². The molecule has 0 saturated heterocycles. The smallest absolute Gasteiger partial charge is 0.0568 e. The summed E-state index contributed by atoms with van der Waals surface area (Å²) in [6.07, 6.45) is 22.1. The second kappa shape index (κ2) is 14.9. The fraction of sp³-hybridized carbons (Fsp3) is 0.391. The minimum atomic E-state index is -0.00319. The maximum Gasteiger partial charge on any atom is 0.0568 e. The molecule has 4 aromatic rings. The Balaban J connectivity index is 0.00000160. The zero-order valence-corrected chi connectivity index (χ0v) is 30.3. The van der Waals surface area contributed by atoms with Crippen LogP contribution in [0.4, 0.5) is 5.69 Å². The Bertz CT molecular complexity index is 1800. The van der Waals surface area contributed by atoms with E-state index in [-0.39, 0.29) is 13.7 Å². The maximum atomic E-state index is 2.62. The molecule has 0 aromatic heterocycles. The van der Waals surface area contributed by atoms with Crippen LogP contribution in [0.25, 0.3) is 21.5 Å². The van der Waals surface area contributed by atoms with E-state index in [1.165, 1.54) is 63.2 Å². The van der Waals surface area contributed by atoms with E-state index in [0.29, 0.717) is 12.0 Å². The van der Waals surface area contributed by atoms with E-state index in [4.69, 9.17) is 0 Å². The standard InChI is InChI=1S/C44H51N.C2H6.2H2/c1-7-9-19-34-31-35-27-26-32-20-15-17-22-36(32)41(35)43(3,4)38(34)24-13-11-10-12-14-25-40-44(5,6)42-37-23-18-16-21-33(37)28-29-39(42)45(40)30-8-2;1-2;;/h10-18,20-29,34,40H,7-9,19,30-31H2,1-6H3;1-2H3;2*1H/b12-10+,13-11+,25-14+,38-24-;;;. The molecule has 0 saturated carbocycles. The molecule has 6 rings (SSSR count). The molecular formula is C46H61N. The highest BCUT2D eigenvalue weighted by atomic mass is 15.2. The van der Waals surface area contributed by atoms with Crippen LogP contribution in [-0.2, 0) is 17.3 Å². The van der Waals surface area contributed by atoms with E-state index < -0.39 is 0 Å². The van der Waals surface area contributed by atoms with Gasteiger partial charge >= 0.3 is 0 Å². The first kappa shape index (κ1) is 34.5. The molecule has 0 radical (unpaired) electrons. The normalized spacial score (nSPS) is 20.8. The summed E-state index contributed by atoms with van der Waals surface area (Å²) in [6.45, 7) is 19.4. The molecule has 2 unspecified atom stereocenters. The molecule has 1 heteroatoms. The van der Waals surface area contributed by atoms with Gasteiger partial charge in [-0.15, -0.1) is 0 Å². The number of hydrogen-bond acceptors (Lipinski definition) is 1. The second-order valence-corrected chi connectivity index (χ2v) is 14.3. The Labute approximate surface area is 288 Å². The van der Waals surface area contributed by atoms with Gasteiger partial charge < -0.3 is 4.90 Å². The van der Waals surface area contributed by atoms with E-state index in [2.05, 4.69) is 162 Å². The Hall–Kier alpha value is -3.84. The van der Waals surface area contributed by atoms with Crippen molar-refractivity contribution in [1.82, 2.24) is 0 Å². The summed E-state index contributed by atoms with van der Waals surface area (Å²) in [5, 5.41) is 5.48. The molecule has 0 fully saturated rings. The summed E-state index contributed by atoms with van der Waals surface area (Å²) < 4.78 is 0. The average Bonchev–Trinajstić information content (AvgIpc) is 3.30. The van der Waals surface area contributed by atoms with Crippen LogP contribution in [0.1, 0.15) is 101 Å². The highest BCUT2D eigenvalue weighted by Gasteiger charge is 2.43. The van der Waals surface area contributed by atoms with Gasteiger partial charge in [0, 0.05) is 25.9 Å². The molecule has 1 aliphatic heterocycles. The van der Waals surface area contributed by atoms with Gasteiger partial charge in [-0.1, -0.05) is 183 Å². The van der Waals surface area contributed by atoms with Gasteiger partial charge in [-0.25, -0.2) is 0 Å². The molecule has 0 N–H and O–H groups in total. The Kier molecular flexibility index (Phi) is 11.0. The van der Waals surface area contributed by atoms with Crippen LogP contribution >= 0.6 is 0 Å². The fourth-order valence-electron chi connectivity index (χ4n) is 8.54. The van der Waals surface area contributed by atoms with Crippen LogP contribution in [-0.4, -0.2) is 12.6 Å². The molecular weight excluding hydrogens is 567 g/mol. The monoisotopic (exact) mass is 627 g/mol. The minimum Gasteiger partial charge on any atom is -0.364 e. The Morgan fingerprint density at radius 3 is 2.02 bits per heavy atom. The van der Waals surface area contributed by atoms with Gasteiger partial charge in [-0.05, 0) is 69.5 Å². The summed E-state index contributed by atoms with van der Waals surface area (Å²) in [5.41, 5.74) is 7.54. The van der Waals surface area contributed by atoms with Crippen molar-refractivity contribution in [3.8, 4) is 0 Å². The molecule has 250 valence electrons. The maximum absolute atomic E-state index is 2.62. The first-order valence-corrected chi connectivity index (χ1v) is 18.3. The number of fused-ring (bicyclic) bond motifs is 6. The summed E-state index contributed by atoms with van der Waals surface area (Å²) >= 11 is 0. The molecule has 1 nitrogen and oxygen atoms in total. The van der Waals surface area contributed by atoms with E-state index in [0.717, 1.165) is 19.4 Å². The van der Waals surface area contributed by atoms with Crippen molar-refractivity contribution in [2.24, 2.45) is 5.92 Å². The number of benzene rings is 4. The molecule has 0 spiro atoms. The Morgan fingerprint density at radius 1 is 0.723 bits per heavy atom. The van der Waals surface area contributed by atoms with E-state index in [1.807, 2.05) is 13.8 Å². The lowest BCUT2D eigenvalue weighted by Gasteiger charge is -2.41. The van der Waals surface area contributed by atoms with E-state index in [9.17, 15) is 0 Å². The molecule has 2 aliphatic rings. The van der Waals surface area contributed by atoms with Gasteiger partial charge in [0.05, 0.1) is 6.04 Å². The van der Waals surface area contributed by atoms with Crippen molar-refractivity contribution in [2.75, 3.05) is 11.4 Å². The first-order valence-electron chi connectivity index (χ1n) is 18.3. The van der Waals surface area contributed by atoms with Crippen molar-refractivity contribution >= 4 is 27.2 Å². The third-order valence-corrected chi connectivity index (χ3v) is 10.6. The number of unbranched alkanes of at least 4 members (excludes halogenated alkanes) is 1. The summed E-state index contributed by atoms with van der Waals surface area (Å²) in [7, 11) is 0. The van der Waals surface area contributed by atoms with Gasteiger partial charge in [-0.3, -0.25) is 0 Å². The van der Waals surface area contributed by atoms with Gasteiger partial charge in [0.15, 0.2) is 0 Å². The highest BCUT2D eigenvalue weighted by molar-refractivity contribution is 5.93. The highest BCUT2D eigenvalue weighted by Crippen LogP contribution is 2.50. The Morgan fingerprint density at radius 2 is 1.34 bits per heavy atom. The van der Waals surface area contributed by atoms with Gasteiger partial charge in [0.1, 0.15) is 0 Å². The van der Waals surface area contributed by atoms with Gasteiger partial charge in [-0.2, -0.15) is 0 Å². The van der Waals surface area contributed by atoms with E-state index in [1.54, 1.807) is 5.57 Å². The van der Waals surface area contributed by atoms with Crippen molar-refractivity contribution in [3.63, 3.8) is 0 Å². The number of rotatable bonds is 9. The number of hydrogen-bond donors (Lipinski definition) is 0. The fourth-order valence-corrected chi connectivity index (χ4v) is 8.54. The van der Waals surface area contributed by atoms with Crippen molar-refractivity contribution in [3.05, 3.63) is 138 Å². The number of allylic oxidation sites excluding steroid dienone is 7.